The lowest BCUT2D eigenvalue weighted by Crippen LogP contribution is -2.23. The van der Waals surface area contributed by atoms with Gasteiger partial charge >= 0.3 is 0 Å². The minimum atomic E-state index is 0.0272. The number of pyridine rings is 1. The maximum atomic E-state index is 11.6. The van der Waals surface area contributed by atoms with E-state index in [1.807, 2.05) is 12.3 Å². The molecule has 0 spiro atoms. The van der Waals surface area contributed by atoms with Crippen LogP contribution in [0.25, 0.3) is 5.65 Å². The van der Waals surface area contributed by atoms with Crippen LogP contribution in [-0.4, -0.2) is 22.0 Å². The van der Waals surface area contributed by atoms with Gasteiger partial charge in [-0.25, -0.2) is 0 Å². The largest absolute Gasteiger partial charge is 0.343 e. The molecule has 0 saturated carbocycles. The molecule has 3 heterocycles. The van der Waals surface area contributed by atoms with Crippen molar-refractivity contribution in [3.8, 4) is 0 Å². The fraction of sp³-hybridized carbons (Fsp3) is 0.417. The van der Waals surface area contributed by atoms with Crippen molar-refractivity contribution in [2.45, 2.75) is 25.3 Å². The van der Waals surface area contributed by atoms with Crippen LogP contribution in [0.3, 0.4) is 0 Å². The van der Waals surface area contributed by atoms with E-state index in [0.717, 1.165) is 24.3 Å². The maximum Gasteiger partial charge on any atom is 0.256 e. The fourth-order valence-electron chi connectivity index (χ4n) is 2.39. The van der Waals surface area contributed by atoms with Gasteiger partial charge in [-0.05, 0) is 25.5 Å². The molecule has 0 bridgehead atoms. The number of aromatic amines is 1. The standard InChI is InChI=1S/C12H15N3O/c16-12-5-1-4-11-14-10(8-15(11)12)7-9-3-2-6-13-9/h1,4-5,8-9,13-14H,2-3,6-7H2. The molecule has 3 rings (SSSR count). The summed E-state index contributed by atoms with van der Waals surface area (Å²) >= 11 is 0. The van der Waals surface area contributed by atoms with E-state index in [1.165, 1.54) is 12.8 Å². The molecule has 2 aromatic heterocycles. The molecule has 0 radical (unpaired) electrons. The Morgan fingerprint density at radius 3 is 3.12 bits per heavy atom. The Bertz CT molecular complexity index is 549. The van der Waals surface area contributed by atoms with Gasteiger partial charge in [0.25, 0.3) is 5.56 Å². The second-order valence-electron chi connectivity index (χ2n) is 4.40. The third-order valence-corrected chi connectivity index (χ3v) is 3.19. The van der Waals surface area contributed by atoms with Crippen LogP contribution in [0, 0.1) is 0 Å². The molecule has 2 N–H and O–H groups in total. The van der Waals surface area contributed by atoms with Crippen molar-refractivity contribution in [1.82, 2.24) is 14.7 Å². The van der Waals surface area contributed by atoms with Crippen molar-refractivity contribution in [3.05, 3.63) is 40.4 Å². The Morgan fingerprint density at radius 2 is 2.38 bits per heavy atom. The molecular formula is C12H15N3O. The van der Waals surface area contributed by atoms with Crippen LogP contribution in [0.5, 0.6) is 0 Å². The van der Waals surface area contributed by atoms with Crippen molar-refractivity contribution in [2.75, 3.05) is 6.54 Å². The summed E-state index contributed by atoms with van der Waals surface area (Å²) < 4.78 is 1.67. The van der Waals surface area contributed by atoms with Gasteiger partial charge in [-0.3, -0.25) is 9.20 Å². The third-order valence-electron chi connectivity index (χ3n) is 3.19. The van der Waals surface area contributed by atoms with E-state index in [4.69, 9.17) is 0 Å². The van der Waals surface area contributed by atoms with Gasteiger partial charge in [-0.15, -0.1) is 0 Å². The van der Waals surface area contributed by atoms with Crippen molar-refractivity contribution < 1.29 is 0 Å². The zero-order valence-electron chi connectivity index (χ0n) is 9.07. The number of hydrogen-bond acceptors (Lipinski definition) is 2. The van der Waals surface area contributed by atoms with Crippen molar-refractivity contribution in [1.29, 1.82) is 0 Å². The Balaban J connectivity index is 1.93. The maximum absolute atomic E-state index is 11.6. The zero-order chi connectivity index (χ0) is 11.0. The van der Waals surface area contributed by atoms with E-state index in [0.29, 0.717) is 6.04 Å². The first kappa shape index (κ1) is 9.66. The van der Waals surface area contributed by atoms with Crippen LogP contribution >= 0.6 is 0 Å². The predicted octanol–water partition coefficient (Wildman–Crippen LogP) is 0.922. The monoisotopic (exact) mass is 217 g/mol. The normalized spacial score (nSPS) is 20.6. The second kappa shape index (κ2) is 3.79. The zero-order valence-corrected chi connectivity index (χ0v) is 9.07. The van der Waals surface area contributed by atoms with Crippen LogP contribution in [-0.2, 0) is 6.42 Å². The van der Waals surface area contributed by atoms with E-state index in [-0.39, 0.29) is 5.56 Å². The summed E-state index contributed by atoms with van der Waals surface area (Å²) in [6.45, 7) is 1.12. The van der Waals surface area contributed by atoms with Gasteiger partial charge in [0.2, 0.25) is 0 Å². The molecule has 4 heteroatoms. The summed E-state index contributed by atoms with van der Waals surface area (Å²) in [6.07, 6.45) is 5.37. The molecule has 1 fully saturated rings. The first-order valence-corrected chi connectivity index (χ1v) is 5.75. The molecule has 84 valence electrons. The van der Waals surface area contributed by atoms with Crippen molar-refractivity contribution >= 4 is 5.65 Å². The molecule has 0 aromatic carbocycles. The first-order chi connectivity index (χ1) is 7.83. The number of nitrogens with one attached hydrogen (secondary N) is 2. The highest BCUT2D eigenvalue weighted by molar-refractivity contribution is 5.39. The van der Waals surface area contributed by atoms with E-state index >= 15 is 0 Å². The van der Waals surface area contributed by atoms with Gasteiger partial charge in [0.1, 0.15) is 5.65 Å². The van der Waals surface area contributed by atoms with Gasteiger partial charge in [-0.1, -0.05) is 6.07 Å². The third kappa shape index (κ3) is 1.65. The fourth-order valence-corrected chi connectivity index (χ4v) is 2.39. The number of H-pyrrole nitrogens is 1. The lowest BCUT2D eigenvalue weighted by Gasteiger charge is -2.06. The van der Waals surface area contributed by atoms with E-state index in [2.05, 4.69) is 10.3 Å². The van der Waals surface area contributed by atoms with E-state index < -0.39 is 0 Å². The number of hydrogen-bond donors (Lipinski definition) is 2. The van der Waals surface area contributed by atoms with Crippen LogP contribution in [0.4, 0.5) is 0 Å². The minimum absolute atomic E-state index is 0.0272. The highest BCUT2D eigenvalue weighted by Gasteiger charge is 2.15. The summed E-state index contributed by atoms with van der Waals surface area (Å²) in [5.74, 6) is 0. The first-order valence-electron chi connectivity index (χ1n) is 5.75. The molecule has 4 nitrogen and oxygen atoms in total. The Kier molecular flexibility index (Phi) is 2.29. The van der Waals surface area contributed by atoms with Crippen LogP contribution < -0.4 is 10.9 Å². The van der Waals surface area contributed by atoms with Gasteiger partial charge < -0.3 is 10.3 Å². The molecule has 2 aromatic rings. The predicted molar refractivity (Wildman–Crippen MR) is 62.7 cm³/mol. The second-order valence-corrected chi connectivity index (χ2v) is 4.40. The SMILES string of the molecule is O=c1cccc2[nH]c(CC3CCCN3)cn12. The summed E-state index contributed by atoms with van der Waals surface area (Å²) in [7, 11) is 0. The summed E-state index contributed by atoms with van der Waals surface area (Å²) in [4.78, 5) is 14.8. The molecule has 1 saturated heterocycles. The minimum Gasteiger partial charge on any atom is -0.343 e. The lowest BCUT2D eigenvalue weighted by molar-refractivity contribution is 0.597. The van der Waals surface area contributed by atoms with Gasteiger partial charge in [-0.2, -0.15) is 0 Å². The lowest BCUT2D eigenvalue weighted by atomic mass is 10.1. The average molecular weight is 217 g/mol. The van der Waals surface area contributed by atoms with Crippen LogP contribution in [0.15, 0.2) is 29.2 Å². The number of aromatic nitrogens is 2. The topological polar surface area (TPSA) is 49.3 Å². The molecule has 1 aliphatic heterocycles. The molecule has 1 unspecified atom stereocenters. The Labute approximate surface area is 93.3 Å². The number of rotatable bonds is 2. The van der Waals surface area contributed by atoms with Crippen molar-refractivity contribution in [3.63, 3.8) is 0 Å². The quantitative estimate of drug-likeness (QED) is 0.786. The smallest absolute Gasteiger partial charge is 0.256 e. The molecule has 1 atom stereocenters. The van der Waals surface area contributed by atoms with E-state index in [9.17, 15) is 4.79 Å². The van der Waals surface area contributed by atoms with Gasteiger partial charge in [0, 0.05) is 30.4 Å². The van der Waals surface area contributed by atoms with Crippen molar-refractivity contribution in [2.24, 2.45) is 0 Å². The highest BCUT2D eigenvalue weighted by atomic mass is 16.1. The molecule has 0 aliphatic carbocycles. The number of fused-ring (bicyclic) bond motifs is 1. The Morgan fingerprint density at radius 1 is 1.44 bits per heavy atom. The highest BCUT2D eigenvalue weighted by Crippen LogP contribution is 2.11. The number of imidazole rings is 1. The number of nitrogens with zero attached hydrogens (tertiary/aromatic N) is 1. The molecular weight excluding hydrogens is 202 g/mol. The summed E-state index contributed by atoms with van der Waals surface area (Å²) in [5.41, 5.74) is 2.03. The molecule has 1 aliphatic rings. The molecule has 16 heavy (non-hydrogen) atoms. The van der Waals surface area contributed by atoms with Gasteiger partial charge in [0.05, 0.1) is 0 Å². The van der Waals surface area contributed by atoms with E-state index in [1.54, 1.807) is 16.5 Å². The van der Waals surface area contributed by atoms with Crippen LogP contribution in [0.2, 0.25) is 0 Å². The Hall–Kier alpha value is -1.55. The average Bonchev–Trinajstić information content (AvgIpc) is 2.88. The summed E-state index contributed by atoms with van der Waals surface area (Å²) in [5, 5.41) is 3.46. The van der Waals surface area contributed by atoms with Gasteiger partial charge in [0.15, 0.2) is 0 Å². The molecule has 0 amide bonds. The van der Waals surface area contributed by atoms with Crippen LogP contribution in [0.1, 0.15) is 18.5 Å². The summed E-state index contributed by atoms with van der Waals surface area (Å²) in [6, 6.07) is 5.85.